The molecule has 0 saturated heterocycles. The third-order valence-electron chi connectivity index (χ3n) is 2.23. The molecule has 0 aromatic heterocycles. The largest absolute Gasteiger partial charge is 0.445 e. The second kappa shape index (κ2) is 10.6. The van der Waals surface area contributed by atoms with Crippen molar-refractivity contribution in [3.63, 3.8) is 0 Å². The van der Waals surface area contributed by atoms with Gasteiger partial charge in [-0.2, -0.15) is 0 Å². The van der Waals surface area contributed by atoms with Gasteiger partial charge in [-0.25, -0.2) is 9.59 Å². The molecule has 0 bridgehead atoms. The van der Waals surface area contributed by atoms with E-state index in [1.54, 1.807) is 0 Å². The van der Waals surface area contributed by atoms with E-state index in [0.717, 1.165) is 0 Å². The van der Waals surface area contributed by atoms with Gasteiger partial charge in [0.15, 0.2) is 0 Å². The van der Waals surface area contributed by atoms with Crippen LogP contribution in [-0.2, 0) is 14.3 Å². The summed E-state index contributed by atoms with van der Waals surface area (Å²) in [5, 5.41) is 4.86. The van der Waals surface area contributed by atoms with Gasteiger partial charge in [-0.3, -0.25) is 4.79 Å². The predicted molar refractivity (Wildman–Crippen MR) is 73.3 cm³/mol. The lowest BCUT2D eigenvalue weighted by Crippen LogP contribution is -2.40. The van der Waals surface area contributed by atoms with Crippen LogP contribution < -0.4 is 10.6 Å². The number of nitrogens with one attached hydrogen (secondary N) is 2. The maximum atomic E-state index is 11.4. The molecule has 0 atom stereocenters. The molecule has 7 heteroatoms. The smallest absolute Gasteiger partial charge is 0.407 e. The highest BCUT2D eigenvalue weighted by atomic mass is 16.6. The molecule has 0 spiro atoms. The fraction of sp³-hybridized carbons (Fsp3) is 0.462. The van der Waals surface area contributed by atoms with E-state index < -0.39 is 18.1 Å². The number of carbonyl (C=O) groups is 3. The summed E-state index contributed by atoms with van der Waals surface area (Å²) < 4.78 is 9.40. The first kappa shape index (κ1) is 17.7. The average Bonchev–Trinajstić information content (AvgIpc) is 2.42. The summed E-state index contributed by atoms with van der Waals surface area (Å²) >= 11 is 0. The quantitative estimate of drug-likeness (QED) is 0.616. The van der Waals surface area contributed by atoms with Gasteiger partial charge in [0.05, 0.1) is 5.92 Å². The van der Waals surface area contributed by atoms with Crippen LogP contribution in [0.15, 0.2) is 25.3 Å². The Balaban J connectivity index is 4.07. The fourth-order valence-electron chi connectivity index (χ4n) is 1.14. The third-order valence-corrected chi connectivity index (χ3v) is 2.23. The Morgan fingerprint density at radius 2 is 1.40 bits per heavy atom. The van der Waals surface area contributed by atoms with Crippen molar-refractivity contribution in [3.8, 4) is 0 Å². The van der Waals surface area contributed by atoms with Gasteiger partial charge in [0, 0.05) is 13.1 Å². The van der Waals surface area contributed by atoms with E-state index in [1.807, 2.05) is 0 Å². The first-order valence-corrected chi connectivity index (χ1v) is 6.04. The summed E-state index contributed by atoms with van der Waals surface area (Å²) in [5.41, 5.74) is 0. The second-order valence-corrected chi connectivity index (χ2v) is 3.84. The van der Waals surface area contributed by atoms with E-state index in [0.29, 0.717) is 0 Å². The van der Waals surface area contributed by atoms with Crippen molar-refractivity contribution >= 4 is 18.0 Å². The summed E-state index contributed by atoms with van der Waals surface area (Å²) in [6.45, 7) is 8.47. The molecule has 0 radical (unpaired) electrons. The van der Waals surface area contributed by atoms with Gasteiger partial charge in [-0.1, -0.05) is 25.3 Å². The Morgan fingerprint density at radius 3 is 1.70 bits per heavy atom. The predicted octanol–water partition coefficient (Wildman–Crippen LogP) is 1.02. The minimum Gasteiger partial charge on any atom is -0.445 e. The summed E-state index contributed by atoms with van der Waals surface area (Å²) in [6, 6.07) is 0. The van der Waals surface area contributed by atoms with Gasteiger partial charge in [0.25, 0.3) is 0 Å². The SMILES string of the molecule is C=CCOC(=O)NCC(CNC(=O)OCC=C)C(C)=O. The maximum absolute atomic E-state index is 11.4. The molecule has 0 heterocycles. The number of Topliss-reactive ketones (excluding diaryl/α,β-unsaturated/α-hetero) is 1. The number of carbonyl (C=O) groups excluding carboxylic acids is 3. The van der Waals surface area contributed by atoms with Crippen LogP contribution in [0.1, 0.15) is 6.92 Å². The number of rotatable bonds is 9. The zero-order valence-corrected chi connectivity index (χ0v) is 11.5. The fourth-order valence-corrected chi connectivity index (χ4v) is 1.14. The zero-order valence-electron chi connectivity index (χ0n) is 11.5. The van der Waals surface area contributed by atoms with Crippen LogP contribution >= 0.6 is 0 Å². The Labute approximate surface area is 118 Å². The molecule has 0 rings (SSSR count). The van der Waals surface area contributed by atoms with Gasteiger partial charge in [-0.15, -0.1) is 0 Å². The number of alkyl carbamates (subject to hydrolysis) is 2. The van der Waals surface area contributed by atoms with E-state index in [9.17, 15) is 14.4 Å². The minimum atomic E-state index is -0.648. The molecule has 20 heavy (non-hydrogen) atoms. The second-order valence-electron chi connectivity index (χ2n) is 3.84. The molecule has 0 aliphatic heterocycles. The number of ketones is 1. The lowest BCUT2D eigenvalue weighted by Gasteiger charge is -2.15. The Hall–Kier alpha value is -2.31. The van der Waals surface area contributed by atoms with Crippen molar-refractivity contribution < 1.29 is 23.9 Å². The van der Waals surface area contributed by atoms with Gasteiger partial charge in [0.1, 0.15) is 19.0 Å². The van der Waals surface area contributed by atoms with Crippen LogP contribution in [0.3, 0.4) is 0 Å². The first-order chi connectivity index (χ1) is 9.51. The van der Waals surface area contributed by atoms with Crippen molar-refractivity contribution in [3.05, 3.63) is 25.3 Å². The van der Waals surface area contributed by atoms with E-state index in [1.165, 1.54) is 19.1 Å². The monoisotopic (exact) mass is 284 g/mol. The molecule has 0 aliphatic carbocycles. The molecule has 2 N–H and O–H groups in total. The highest BCUT2D eigenvalue weighted by molar-refractivity contribution is 5.80. The number of hydrogen-bond acceptors (Lipinski definition) is 5. The Bertz CT molecular complexity index is 340. The normalized spacial score (nSPS) is 9.50. The molecule has 2 amide bonds. The summed E-state index contributed by atoms with van der Waals surface area (Å²) in [5.74, 6) is -0.722. The molecular weight excluding hydrogens is 264 g/mol. The Kier molecular flexibility index (Phi) is 9.37. The van der Waals surface area contributed by atoms with Crippen LogP contribution in [0.4, 0.5) is 9.59 Å². The van der Waals surface area contributed by atoms with E-state index in [4.69, 9.17) is 9.47 Å². The number of hydrogen-bond donors (Lipinski definition) is 2. The molecule has 0 saturated carbocycles. The average molecular weight is 284 g/mol. The van der Waals surface area contributed by atoms with Crippen molar-refractivity contribution in [2.75, 3.05) is 26.3 Å². The standard InChI is InChI=1S/C13H20N2O5/c1-4-6-19-12(17)14-8-11(10(3)16)9-15-13(18)20-7-5-2/h4-5,11H,1-2,6-9H2,3H3,(H,14,17)(H,15,18). The Morgan fingerprint density at radius 1 is 1.00 bits per heavy atom. The summed E-state index contributed by atoms with van der Waals surface area (Å²) in [4.78, 5) is 33.8. The lowest BCUT2D eigenvalue weighted by atomic mass is 10.1. The highest BCUT2D eigenvalue weighted by Gasteiger charge is 2.17. The highest BCUT2D eigenvalue weighted by Crippen LogP contribution is 1.96. The van der Waals surface area contributed by atoms with Crippen molar-refractivity contribution in [2.45, 2.75) is 6.92 Å². The molecule has 112 valence electrons. The zero-order chi connectivity index (χ0) is 15.4. The number of ether oxygens (including phenoxy) is 2. The van der Waals surface area contributed by atoms with Gasteiger partial charge in [-0.05, 0) is 6.92 Å². The van der Waals surface area contributed by atoms with Crippen molar-refractivity contribution in [1.29, 1.82) is 0 Å². The van der Waals surface area contributed by atoms with Crippen molar-refractivity contribution in [1.82, 2.24) is 10.6 Å². The molecule has 0 unspecified atom stereocenters. The van der Waals surface area contributed by atoms with E-state index >= 15 is 0 Å². The first-order valence-electron chi connectivity index (χ1n) is 6.04. The van der Waals surface area contributed by atoms with Gasteiger partial charge < -0.3 is 20.1 Å². The van der Waals surface area contributed by atoms with Crippen LogP contribution in [0.2, 0.25) is 0 Å². The van der Waals surface area contributed by atoms with Gasteiger partial charge >= 0.3 is 12.2 Å². The molecule has 0 aliphatic rings. The topological polar surface area (TPSA) is 93.7 Å². The number of amides is 2. The van der Waals surface area contributed by atoms with Crippen molar-refractivity contribution in [2.24, 2.45) is 5.92 Å². The van der Waals surface area contributed by atoms with E-state index in [2.05, 4.69) is 23.8 Å². The van der Waals surface area contributed by atoms with E-state index in [-0.39, 0.29) is 32.1 Å². The minimum absolute atomic E-state index is 0.0625. The van der Waals surface area contributed by atoms with Crippen LogP contribution in [-0.4, -0.2) is 44.3 Å². The third kappa shape index (κ3) is 8.73. The maximum Gasteiger partial charge on any atom is 0.407 e. The van der Waals surface area contributed by atoms with Gasteiger partial charge in [0.2, 0.25) is 0 Å². The molecular formula is C13H20N2O5. The summed E-state index contributed by atoms with van der Waals surface area (Å²) in [6.07, 6.45) is 1.56. The summed E-state index contributed by atoms with van der Waals surface area (Å²) in [7, 11) is 0. The lowest BCUT2D eigenvalue weighted by molar-refractivity contribution is -0.120. The molecule has 0 aromatic rings. The van der Waals surface area contributed by atoms with Crippen LogP contribution in [0.5, 0.6) is 0 Å². The molecule has 7 nitrogen and oxygen atoms in total. The van der Waals surface area contributed by atoms with Crippen LogP contribution in [0.25, 0.3) is 0 Å². The molecule has 0 aromatic carbocycles. The molecule has 0 fully saturated rings. The van der Waals surface area contributed by atoms with Crippen LogP contribution in [0, 0.1) is 5.92 Å².